The minimum absolute atomic E-state index is 0.437. The van der Waals surface area contributed by atoms with Crippen molar-refractivity contribution in [2.45, 2.75) is 58.5 Å². The Morgan fingerprint density at radius 3 is 2.40 bits per heavy atom. The normalized spacial score (nSPS) is 14.7. The Labute approximate surface area is 126 Å². The number of ether oxygens (including phenoxy) is 2. The molecule has 1 N–H and O–H groups in total. The highest BCUT2D eigenvalue weighted by Crippen LogP contribution is 2.03. The molecular weight excluding hydrogens is 252 g/mol. The van der Waals surface area contributed by atoms with Gasteiger partial charge in [-0.1, -0.05) is 26.2 Å². The summed E-state index contributed by atoms with van der Waals surface area (Å²) in [6.45, 7) is 11.3. The Balaban J connectivity index is 3.87. The van der Waals surface area contributed by atoms with E-state index in [0.29, 0.717) is 12.1 Å². The number of methoxy groups -OCH3 is 2. The van der Waals surface area contributed by atoms with E-state index < -0.39 is 0 Å². The summed E-state index contributed by atoms with van der Waals surface area (Å²) in [5, 5.41) is 3.62. The first kappa shape index (κ1) is 19.8. The molecular formula is C16H36N2O2. The van der Waals surface area contributed by atoms with Gasteiger partial charge in [-0.25, -0.2) is 0 Å². The largest absolute Gasteiger partial charge is 0.383 e. The lowest BCUT2D eigenvalue weighted by Gasteiger charge is -2.29. The first-order chi connectivity index (χ1) is 9.65. The van der Waals surface area contributed by atoms with Gasteiger partial charge in [-0.2, -0.15) is 0 Å². The third kappa shape index (κ3) is 10.6. The zero-order valence-electron chi connectivity index (χ0n) is 14.3. The summed E-state index contributed by atoms with van der Waals surface area (Å²) in [5.41, 5.74) is 0. The molecule has 0 aromatic carbocycles. The van der Waals surface area contributed by atoms with Crippen LogP contribution in [0.4, 0.5) is 0 Å². The van der Waals surface area contributed by atoms with E-state index in [4.69, 9.17) is 9.47 Å². The maximum absolute atomic E-state index is 5.25. The molecule has 0 spiro atoms. The van der Waals surface area contributed by atoms with Gasteiger partial charge in [-0.3, -0.25) is 4.90 Å². The van der Waals surface area contributed by atoms with Crippen LogP contribution in [-0.4, -0.2) is 64.1 Å². The van der Waals surface area contributed by atoms with Gasteiger partial charge in [-0.15, -0.1) is 0 Å². The molecule has 0 amide bonds. The highest BCUT2D eigenvalue weighted by molar-refractivity contribution is 4.69. The summed E-state index contributed by atoms with van der Waals surface area (Å²) in [7, 11) is 3.52. The highest BCUT2D eigenvalue weighted by Gasteiger charge is 2.13. The fourth-order valence-corrected chi connectivity index (χ4v) is 2.36. The quantitative estimate of drug-likeness (QED) is 0.498. The lowest BCUT2D eigenvalue weighted by atomic mass is 10.1. The van der Waals surface area contributed by atoms with Crippen LogP contribution in [0.1, 0.15) is 46.5 Å². The maximum atomic E-state index is 5.25. The van der Waals surface area contributed by atoms with Crippen molar-refractivity contribution in [3.63, 3.8) is 0 Å². The van der Waals surface area contributed by atoms with Gasteiger partial charge in [0.15, 0.2) is 0 Å². The molecule has 0 saturated carbocycles. The maximum Gasteiger partial charge on any atom is 0.0615 e. The molecule has 2 unspecified atom stereocenters. The molecule has 0 aliphatic heterocycles. The zero-order chi connectivity index (χ0) is 15.2. The van der Waals surface area contributed by atoms with Crippen LogP contribution in [0.2, 0.25) is 0 Å². The molecule has 0 rings (SSSR count). The zero-order valence-corrected chi connectivity index (χ0v) is 14.3. The van der Waals surface area contributed by atoms with E-state index in [-0.39, 0.29) is 0 Å². The van der Waals surface area contributed by atoms with Crippen molar-refractivity contribution in [3.05, 3.63) is 0 Å². The van der Waals surface area contributed by atoms with E-state index in [1.807, 2.05) is 0 Å². The van der Waals surface area contributed by atoms with Crippen molar-refractivity contribution in [2.75, 3.05) is 47.1 Å². The van der Waals surface area contributed by atoms with Crippen LogP contribution in [-0.2, 0) is 9.47 Å². The van der Waals surface area contributed by atoms with Crippen LogP contribution in [0.3, 0.4) is 0 Å². The molecule has 0 aliphatic carbocycles. The van der Waals surface area contributed by atoms with Crippen LogP contribution in [0.25, 0.3) is 0 Å². The van der Waals surface area contributed by atoms with E-state index in [0.717, 1.165) is 32.8 Å². The topological polar surface area (TPSA) is 33.7 Å². The molecule has 4 nitrogen and oxygen atoms in total. The fourth-order valence-electron chi connectivity index (χ4n) is 2.36. The first-order valence-corrected chi connectivity index (χ1v) is 8.11. The van der Waals surface area contributed by atoms with Gasteiger partial charge in [0.05, 0.1) is 13.2 Å². The van der Waals surface area contributed by atoms with Gasteiger partial charge in [0, 0.05) is 45.9 Å². The van der Waals surface area contributed by atoms with Gasteiger partial charge in [0.25, 0.3) is 0 Å². The van der Waals surface area contributed by atoms with Gasteiger partial charge in [0.2, 0.25) is 0 Å². The summed E-state index contributed by atoms with van der Waals surface area (Å²) in [4.78, 5) is 2.43. The summed E-state index contributed by atoms with van der Waals surface area (Å²) in [6, 6.07) is 1.05. The Morgan fingerprint density at radius 1 is 1.05 bits per heavy atom. The molecule has 0 saturated heterocycles. The monoisotopic (exact) mass is 288 g/mol. The van der Waals surface area contributed by atoms with E-state index >= 15 is 0 Å². The van der Waals surface area contributed by atoms with Crippen LogP contribution >= 0.6 is 0 Å². The lowest BCUT2D eigenvalue weighted by Crippen LogP contribution is -2.43. The molecule has 0 radical (unpaired) electrons. The van der Waals surface area contributed by atoms with Crippen molar-refractivity contribution in [3.8, 4) is 0 Å². The molecule has 0 fully saturated rings. The second-order valence-electron chi connectivity index (χ2n) is 5.68. The standard InChI is InChI=1S/C16H36N2O2/c1-6-7-8-9-15(2)17-10-11-18(12-13-19-4)16(3)14-20-5/h15-17H,6-14H2,1-5H3. The van der Waals surface area contributed by atoms with Crippen molar-refractivity contribution >= 4 is 0 Å². The minimum atomic E-state index is 0.437. The average Bonchev–Trinajstić information content (AvgIpc) is 2.43. The van der Waals surface area contributed by atoms with Crippen LogP contribution < -0.4 is 5.32 Å². The SMILES string of the molecule is CCCCCC(C)NCCN(CCOC)C(C)COC. The highest BCUT2D eigenvalue weighted by atomic mass is 16.5. The van der Waals surface area contributed by atoms with Gasteiger partial charge in [0.1, 0.15) is 0 Å². The third-order valence-corrected chi connectivity index (χ3v) is 3.75. The lowest BCUT2D eigenvalue weighted by molar-refractivity contribution is 0.0752. The predicted octanol–water partition coefficient (Wildman–Crippen LogP) is 2.53. The molecule has 2 atom stereocenters. The van der Waals surface area contributed by atoms with Crippen molar-refractivity contribution in [2.24, 2.45) is 0 Å². The number of nitrogens with zero attached hydrogens (tertiary/aromatic N) is 1. The van der Waals surface area contributed by atoms with Crippen LogP contribution in [0, 0.1) is 0 Å². The Bertz CT molecular complexity index is 203. The minimum Gasteiger partial charge on any atom is -0.383 e. The third-order valence-electron chi connectivity index (χ3n) is 3.75. The predicted molar refractivity (Wildman–Crippen MR) is 86.4 cm³/mol. The average molecular weight is 288 g/mol. The van der Waals surface area contributed by atoms with E-state index in [2.05, 4.69) is 31.0 Å². The molecule has 4 heteroatoms. The van der Waals surface area contributed by atoms with Crippen molar-refractivity contribution in [1.82, 2.24) is 10.2 Å². The summed E-state index contributed by atoms with van der Waals surface area (Å²) in [5.74, 6) is 0. The molecule has 0 heterocycles. The second-order valence-corrected chi connectivity index (χ2v) is 5.68. The number of rotatable bonds is 14. The van der Waals surface area contributed by atoms with Gasteiger partial charge < -0.3 is 14.8 Å². The number of unbranched alkanes of at least 4 members (excludes halogenated alkanes) is 2. The van der Waals surface area contributed by atoms with Gasteiger partial charge in [-0.05, 0) is 20.3 Å². The van der Waals surface area contributed by atoms with E-state index in [9.17, 15) is 0 Å². The number of hydrogen-bond acceptors (Lipinski definition) is 4. The Morgan fingerprint density at radius 2 is 1.80 bits per heavy atom. The van der Waals surface area contributed by atoms with Crippen LogP contribution in [0.5, 0.6) is 0 Å². The Hall–Kier alpha value is -0.160. The summed E-state index contributed by atoms with van der Waals surface area (Å²) in [6.07, 6.45) is 5.25. The summed E-state index contributed by atoms with van der Waals surface area (Å²) < 4.78 is 10.4. The smallest absolute Gasteiger partial charge is 0.0615 e. The van der Waals surface area contributed by atoms with Crippen LogP contribution in [0.15, 0.2) is 0 Å². The molecule has 0 aromatic heterocycles. The Kier molecular flexibility index (Phi) is 13.7. The number of nitrogens with one attached hydrogen (secondary N) is 1. The van der Waals surface area contributed by atoms with Crippen molar-refractivity contribution < 1.29 is 9.47 Å². The molecule has 122 valence electrons. The summed E-state index contributed by atoms with van der Waals surface area (Å²) >= 11 is 0. The fraction of sp³-hybridized carbons (Fsp3) is 1.00. The molecule has 0 aliphatic rings. The second kappa shape index (κ2) is 13.8. The molecule has 0 aromatic rings. The first-order valence-electron chi connectivity index (χ1n) is 8.11. The van der Waals surface area contributed by atoms with Gasteiger partial charge >= 0.3 is 0 Å². The molecule has 0 bridgehead atoms. The van der Waals surface area contributed by atoms with Crippen molar-refractivity contribution in [1.29, 1.82) is 0 Å². The van der Waals surface area contributed by atoms with E-state index in [1.165, 1.54) is 25.7 Å². The van der Waals surface area contributed by atoms with E-state index in [1.54, 1.807) is 14.2 Å². The molecule has 20 heavy (non-hydrogen) atoms. The number of hydrogen-bond donors (Lipinski definition) is 1.